The average Bonchev–Trinajstić information content (AvgIpc) is 3.74. The molecular weight excluding hydrogens is 759 g/mol. The van der Waals surface area contributed by atoms with E-state index in [0.29, 0.717) is 68.6 Å². The van der Waals surface area contributed by atoms with Crippen LogP contribution in [0.15, 0.2) is 66.7 Å². The topological polar surface area (TPSA) is 210 Å². The van der Waals surface area contributed by atoms with Gasteiger partial charge in [0.1, 0.15) is 29.9 Å². The van der Waals surface area contributed by atoms with E-state index >= 15 is 0 Å². The minimum absolute atomic E-state index is 0. The van der Waals surface area contributed by atoms with Crippen LogP contribution in [0.25, 0.3) is 0 Å². The highest BCUT2D eigenvalue weighted by Gasteiger charge is 2.35. The summed E-state index contributed by atoms with van der Waals surface area (Å²) in [5.41, 5.74) is 25.5. The third kappa shape index (κ3) is 8.49. The highest BCUT2D eigenvalue weighted by atomic mass is 19.1. The standard InChI is InChI=1S/C25H26FN5O3.C17H20FN5O.CH4/c26-16-6-8-21-19(12-16)18(10-11-28-21)24(32)31-23(27)20-13-17(7-9-22(20)30-31)29-25(33)34-14-15-4-2-1-3-5-15;18-9-1-3-14-12(7-9)11(5-6-21-14)17(24)23-16(20)13-8-10(19)2-4-15(13)22-23;/h1-6,8,12,17-18,28H,7,9-11,13-14,27H2,(H,29,33);1,3,7,10-11,21H,2,4-6,8,19-20H2;1H4/t17-,18-;10-,11-;/m11./s1. The van der Waals surface area contributed by atoms with Gasteiger partial charge in [-0.2, -0.15) is 19.6 Å². The molecule has 59 heavy (non-hydrogen) atoms. The van der Waals surface area contributed by atoms with Gasteiger partial charge >= 0.3 is 6.09 Å². The summed E-state index contributed by atoms with van der Waals surface area (Å²) in [7, 11) is 0. The molecule has 2 aromatic heterocycles. The summed E-state index contributed by atoms with van der Waals surface area (Å²) in [5, 5.41) is 18.2. The van der Waals surface area contributed by atoms with Gasteiger partial charge in [-0.25, -0.2) is 13.6 Å². The Hall–Kier alpha value is -6.29. The first-order valence-corrected chi connectivity index (χ1v) is 19.6. The van der Waals surface area contributed by atoms with E-state index < -0.39 is 17.9 Å². The number of nitrogen functional groups attached to an aromatic ring is 2. The van der Waals surface area contributed by atoms with E-state index in [1.165, 1.54) is 33.6 Å². The Labute approximate surface area is 340 Å². The van der Waals surface area contributed by atoms with Crippen molar-refractivity contribution in [2.75, 3.05) is 35.2 Å². The lowest BCUT2D eigenvalue weighted by Crippen LogP contribution is -2.39. The third-order valence-corrected chi connectivity index (χ3v) is 11.4. The first kappa shape index (κ1) is 40.9. The summed E-state index contributed by atoms with van der Waals surface area (Å²) in [5.74, 6) is -1.54. The Bertz CT molecular complexity index is 2360. The van der Waals surface area contributed by atoms with Crippen molar-refractivity contribution in [3.8, 4) is 0 Å². The zero-order chi connectivity index (χ0) is 40.5. The molecule has 0 radical (unpaired) electrons. The van der Waals surface area contributed by atoms with Crippen molar-refractivity contribution in [3.63, 3.8) is 0 Å². The fourth-order valence-corrected chi connectivity index (χ4v) is 8.39. The van der Waals surface area contributed by atoms with Crippen molar-refractivity contribution in [2.24, 2.45) is 5.73 Å². The summed E-state index contributed by atoms with van der Waals surface area (Å²) in [6.45, 7) is 1.45. The minimum atomic E-state index is -0.530. The largest absolute Gasteiger partial charge is 0.445 e. The molecule has 9 rings (SSSR count). The molecule has 2 aliphatic heterocycles. The van der Waals surface area contributed by atoms with E-state index in [0.717, 1.165) is 52.3 Å². The zero-order valence-corrected chi connectivity index (χ0v) is 31.8. The van der Waals surface area contributed by atoms with Crippen molar-refractivity contribution in [1.29, 1.82) is 0 Å². The van der Waals surface area contributed by atoms with Gasteiger partial charge in [-0.15, -0.1) is 0 Å². The van der Waals surface area contributed by atoms with Crippen LogP contribution >= 0.6 is 0 Å². The predicted octanol–water partition coefficient (Wildman–Crippen LogP) is 5.92. The molecule has 9 N–H and O–H groups in total. The van der Waals surface area contributed by atoms with Crippen molar-refractivity contribution in [2.45, 2.75) is 89.3 Å². The number of fused-ring (bicyclic) bond motifs is 4. The number of ether oxygens (including phenoxy) is 1. The molecule has 0 bridgehead atoms. The van der Waals surface area contributed by atoms with Gasteiger partial charge < -0.3 is 37.9 Å². The number of aromatic nitrogens is 4. The Kier molecular flexibility index (Phi) is 12.0. The Balaban J connectivity index is 0.000000186. The summed E-state index contributed by atoms with van der Waals surface area (Å²) >= 11 is 0. The Morgan fingerprint density at radius 1 is 0.746 bits per heavy atom. The normalized spacial score (nSPS) is 20.0. The van der Waals surface area contributed by atoms with Crippen LogP contribution in [0.5, 0.6) is 0 Å². The number of hydrogen-bond donors (Lipinski definition) is 6. The highest BCUT2D eigenvalue weighted by molar-refractivity contribution is 5.91. The van der Waals surface area contributed by atoms with Crippen LogP contribution in [0.1, 0.15) is 93.7 Å². The Morgan fingerprint density at radius 2 is 1.27 bits per heavy atom. The first-order chi connectivity index (χ1) is 28.0. The summed E-state index contributed by atoms with van der Waals surface area (Å²) in [6.07, 6.45) is 4.55. The number of carbonyl (C=O) groups excluding carboxylic acids is 3. The van der Waals surface area contributed by atoms with Crippen LogP contribution in [0.3, 0.4) is 0 Å². The maximum Gasteiger partial charge on any atom is 0.407 e. The molecule has 0 saturated carbocycles. The van der Waals surface area contributed by atoms with Crippen LogP contribution in [-0.4, -0.2) is 62.6 Å². The van der Waals surface area contributed by atoms with E-state index in [-0.39, 0.29) is 55.4 Å². The van der Waals surface area contributed by atoms with Crippen LogP contribution in [0, 0.1) is 11.6 Å². The molecule has 1 amide bonds. The van der Waals surface area contributed by atoms with Crippen LogP contribution < -0.4 is 33.2 Å². The lowest BCUT2D eigenvalue weighted by molar-refractivity contribution is 0.0851. The van der Waals surface area contributed by atoms with Gasteiger partial charge in [-0.05, 0) is 104 Å². The molecular formula is C43H50F2N10O4. The third-order valence-electron chi connectivity index (χ3n) is 11.4. The SMILES string of the molecule is C.Nc1c2c(nn1C(=O)[C@@H]1CCNc3ccc(F)cc31)CC[C@@H](N)C2.Nc1c2c(nn1C(=O)[C@@H]1CCNc3ccc(F)cc31)CC[C@@H](NC(=O)OCc1ccccc1)C2. The van der Waals surface area contributed by atoms with E-state index in [2.05, 4.69) is 26.1 Å². The van der Waals surface area contributed by atoms with Crippen LogP contribution in [0.4, 0.5) is 36.6 Å². The molecule has 2 aliphatic carbocycles. The number of rotatable bonds is 5. The van der Waals surface area contributed by atoms with Gasteiger partial charge in [0.15, 0.2) is 0 Å². The number of nitrogens with one attached hydrogen (secondary N) is 3. The van der Waals surface area contributed by atoms with Gasteiger partial charge in [0.2, 0.25) is 0 Å². The van der Waals surface area contributed by atoms with Crippen molar-refractivity contribution in [3.05, 3.63) is 118 Å². The molecule has 0 saturated heterocycles. The van der Waals surface area contributed by atoms with Crippen molar-refractivity contribution < 1.29 is 27.9 Å². The number of alkyl carbamates (subject to hydrolysis) is 1. The number of aryl methyl sites for hydroxylation is 2. The number of amides is 1. The van der Waals surface area contributed by atoms with E-state index in [4.69, 9.17) is 21.9 Å². The monoisotopic (exact) mass is 808 g/mol. The zero-order valence-electron chi connectivity index (χ0n) is 31.8. The lowest BCUT2D eigenvalue weighted by atomic mass is 9.90. The maximum absolute atomic E-state index is 13.9. The lowest BCUT2D eigenvalue weighted by Gasteiger charge is -2.25. The summed E-state index contributed by atoms with van der Waals surface area (Å²) in [4.78, 5) is 38.7. The van der Waals surface area contributed by atoms with Gasteiger partial charge in [0.05, 0.1) is 23.2 Å². The second kappa shape index (κ2) is 17.3. The molecule has 310 valence electrons. The summed E-state index contributed by atoms with van der Waals surface area (Å²) < 4.78 is 35.4. The van der Waals surface area contributed by atoms with Crippen LogP contribution in [0.2, 0.25) is 0 Å². The molecule has 0 spiro atoms. The van der Waals surface area contributed by atoms with E-state index in [1.54, 1.807) is 12.1 Å². The van der Waals surface area contributed by atoms with Gasteiger partial charge in [0, 0.05) is 47.7 Å². The molecule has 0 unspecified atom stereocenters. The molecule has 4 aliphatic rings. The quantitative estimate of drug-likeness (QED) is 0.123. The van der Waals surface area contributed by atoms with Crippen molar-refractivity contribution in [1.82, 2.24) is 24.9 Å². The molecule has 16 heteroatoms. The number of nitrogens with two attached hydrogens (primary N) is 3. The smallest absolute Gasteiger partial charge is 0.407 e. The van der Waals surface area contributed by atoms with Crippen LogP contribution in [-0.2, 0) is 37.0 Å². The fourth-order valence-electron chi connectivity index (χ4n) is 8.39. The fraction of sp³-hybridized carbons (Fsp3) is 0.372. The number of halogens is 2. The van der Waals surface area contributed by atoms with Gasteiger partial charge in [-0.1, -0.05) is 37.8 Å². The second-order valence-electron chi connectivity index (χ2n) is 15.3. The summed E-state index contributed by atoms with van der Waals surface area (Å²) in [6, 6.07) is 18.2. The van der Waals surface area contributed by atoms with Crippen molar-refractivity contribution >= 4 is 40.9 Å². The second-order valence-corrected chi connectivity index (χ2v) is 15.3. The van der Waals surface area contributed by atoms with Gasteiger partial charge in [-0.3, -0.25) is 9.59 Å². The average molecular weight is 809 g/mol. The highest BCUT2D eigenvalue weighted by Crippen LogP contribution is 2.37. The maximum atomic E-state index is 13.9. The van der Waals surface area contributed by atoms with Gasteiger partial charge in [0.25, 0.3) is 11.8 Å². The first-order valence-electron chi connectivity index (χ1n) is 19.6. The Morgan fingerprint density at radius 3 is 1.83 bits per heavy atom. The number of carbonyl (C=O) groups is 3. The minimum Gasteiger partial charge on any atom is -0.445 e. The number of benzene rings is 3. The number of anilines is 4. The number of nitrogens with zero attached hydrogens (tertiary/aromatic N) is 4. The molecule has 4 heterocycles. The predicted molar refractivity (Wildman–Crippen MR) is 221 cm³/mol. The molecule has 3 aromatic carbocycles. The number of hydrogen-bond acceptors (Lipinski definition) is 11. The molecule has 14 nitrogen and oxygen atoms in total. The van der Waals surface area contributed by atoms with E-state index in [1.807, 2.05) is 30.3 Å². The van der Waals surface area contributed by atoms with E-state index in [9.17, 15) is 23.2 Å². The molecule has 4 atom stereocenters. The molecule has 0 fully saturated rings. The molecule has 5 aromatic rings.